The Morgan fingerprint density at radius 1 is 1.14 bits per heavy atom. The van der Waals surface area contributed by atoms with Gasteiger partial charge in [0.25, 0.3) is 0 Å². The van der Waals surface area contributed by atoms with Gasteiger partial charge < -0.3 is 14.2 Å². The van der Waals surface area contributed by atoms with Crippen LogP contribution in [0, 0.1) is 0 Å². The number of benzene rings is 1. The molecule has 1 fully saturated rings. The minimum atomic E-state index is -0.416. The smallest absolute Gasteiger partial charge is 0.399 e. The van der Waals surface area contributed by atoms with E-state index in [0.29, 0.717) is 6.42 Å². The van der Waals surface area contributed by atoms with Crippen LogP contribution in [0.15, 0.2) is 18.2 Å². The summed E-state index contributed by atoms with van der Waals surface area (Å²) in [7, 11) is 1.60. The van der Waals surface area contributed by atoms with E-state index in [1.807, 2.05) is 52.9 Å². The Hall–Kier alpha value is -1.33. The summed E-state index contributed by atoms with van der Waals surface area (Å²) in [4.78, 5) is 14.3. The molecule has 0 spiro atoms. The van der Waals surface area contributed by atoms with Gasteiger partial charge in [0.2, 0.25) is 0 Å². The fourth-order valence-electron chi connectivity index (χ4n) is 2.76. The zero-order chi connectivity index (χ0) is 15.4. The SMILES string of the molecule is CN1CCC(=O)c2cc(B3OC(C)(C)C(C)(C)O3)ccc21. The normalized spacial score (nSPS) is 23.4. The van der Waals surface area contributed by atoms with Crippen LogP contribution in [0.5, 0.6) is 0 Å². The first-order chi connectivity index (χ1) is 9.71. The maximum atomic E-state index is 12.1. The summed E-state index contributed by atoms with van der Waals surface area (Å²) in [5.41, 5.74) is 1.95. The van der Waals surface area contributed by atoms with Crippen molar-refractivity contribution < 1.29 is 14.1 Å². The van der Waals surface area contributed by atoms with Crippen LogP contribution in [0.3, 0.4) is 0 Å². The van der Waals surface area contributed by atoms with Crippen LogP contribution in [0.1, 0.15) is 44.5 Å². The fraction of sp³-hybridized carbons (Fsp3) is 0.562. The van der Waals surface area contributed by atoms with Gasteiger partial charge >= 0.3 is 7.12 Å². The number of fused-ring (bicyclic) bond motifs is 1. The molecule has 0 unspecified atom stereocenters. The van der Waals surface area contributed by atoms with Gasteiger partial charge in [-0.05, 0) is 45.3 Å². The fourth-order valence-corrected chi connectivity index (χ4v) is 2.76. The Bertz CT molecular complexity index is 581. The molecule has 0 bridgehead atoms. The molecule has 0 amide bonds. The summed E-state index contributed by atoms with van der Waals surface area (Å²) in [6.45, 7) is 8.91. The average molecular weight is 287 g/mol. The van der Waals surface area contributed by atoms with Crippen LogP contribution in [-0.2, 0) is 9.31 Å². The Balaban J connectivity index is 1.95. The first-order valence-electron chi connectivity index (χ1n) is 7.45. The lowest BCUT2D eigenvalue weighted by Gasteiger charge is -2.32. The number of nitrogens with zero attached hydrogens (tertiary/aromatic N) is 1. The summed E-state index contributed by atoms with van der Waals surface area (Å²) in [5, 5.41) is 0. The quantitative estimate of drug-likeness (QED) is 0.741. The molecule has 5 heteroatoms. The zero-order valence-electron chi connectivity index (χ0n) is 13.4. The first-order valence-corrected chi connectivity index (χ1v) is 7.45. The molecule has 1 saturated heterocycles. The monoisotopic (exact) mass is 287 g/mol. The summed E-state index contributed by atoms with van der Waals surface area (Å²) >= 11 is 0. The summed E-state index contributed by atoms with van der Waals surface area (Å²) in [6, 6.07) is 5.92. The van der Waals surface area contributed by atoms with Gasteiger partial charge in [0.15, 0.2) is 5.78 Å². The Morgan fingerprint density at radius 2 is 1.76 bits per heavy atom. The largest absolute Gasteiger partial charge is 0.494 e. The molecule has 2 aliphatic heterocycles. The Kier molecular flexibility index (Phi) is 3.19. The third-order valence-electron chi connectivity index (χ3n) is 4.93. The molecule has 0 aromatic heterocycles. The number of anilines is 1. The van der Waals surface area contributed by atoms with Gasteiger partial charge in [0, 0.05) is 31.3 Å². The number of carbonyl (C=O) groups excluding carboxylic acids is 1. The average Bonchev–Trinajstić information content (AvgIpc) is 2.63. The van der Waals surface area contributed by atoms with Crippen LogP contribution < -0.4 is 10.4 Å². The molecule has 0 atom stereocenters. The molecular formula is C16H22BNO3. The van der Waals surface area contributed by atoms with Crippen molar-refractivity contribution in [2.45, 2.75) is 45.3 Å². The van der Waals surface area contributed by atoms with Crippen molar-refractivity contribution in [2.24, 2.45) is 0 Å². The number of hydrogen-bond acceptors (Lipinski definition) is 4. The van der Waals surface area contributed by atoms with Crippen molar-refractivity contribution in [1.29, 1.82) is 0 Å². The van der Waals surface area contributed by atoms with E-state index in [4.69, 9.17) is 9.31 Å². The standard InChI is InChI=1S/C16H22BNO3/c1-15(2)16(3,4)21-17(20-15)11-6-7-13-12(10-11)14(19)8-9-18(13)5/h6-7,10H,8-9H2,1-5H3. The molecule has 2 aliphatic rings. The highest BCUT2D eigenvalue weighted by Gasteiger charge is 2.51. The number of carbonyl (C=O) groups is 1. The highest BCUT2D eigenvalue weighted by atomic mass is 16.7. The topological polar surface area (TPSA) is 38.8 Å². The molecule has 1 aromatic rings. The Morgan fingerprint density at radius 3 is 2.38 bits per heavy atom. The highest BCUT2D eigenvalue weighted by Crippen LogP contribution is 2.37. The maximum Gasteiger partial charge on any atom is 0.494 e. The van der Waals surface area contributed by atoms with E-state index in [2.05, 4.69) is 4.90 Å². The van der Waals surface area contributed by atoms with Crippen LogP contribution >= 0.6 is 0 Å². The highest BCUT2D eigenvalue weighted by molar-refractivity contribution is 6.62. The van der Waals surface area contributed by atoms with Gasteiger partial charge in [0.1, 0.15) is 0 Å². The van der Waals surface area contributed by atoms with Crippen molar-refractivity contribution in [2.75, 3.05) is 18.5 Å². The van der Waals surface area contributed by atoms with Gasteiger partial charge in [0.05, 0.1) is 11.2 Å². The minimum Gasteiger partial charge on any atom is -0.399 e. The van der Waals surface area contributed by atoms with E-state index in [1.165, 1.54) is 0 Å². The molecule has 0 radical (unpaired) electrons. The van der Waals surface area contributed by atoms with Gasteiger partial charge in [-0.25, -0.2) is 0 Å². The van der Waals surface area contributed by atoms with E-state index in [9.17, 15) is 4.79 Å². The molecule has 1 aromatic carbocycles. The predicted molar refractivity (Wildman–Crippen MR) is 84.4 cm³/mol. The van der Waals surface area contributed by atoms with E-state index < -0.39 is 7.12 Å². The number of rotatable bonds is 1. The van der Waals surface area contributed by atoms with Crippen LogP contribution in [0.4, 0.5) is 5.69 Å². The van der Waals surface area contributed by atoms with Crippen LogP contribution in [0.25, 0.3) is 0 Å². The number of Topliss-reactive ketones (excluding diaryl/α,β-unsaturated/α-hetero) is 1. The lowest BCUT2D eigenvalue weighted by Crippen LogP contribution is -2.41. The minimum absolute atomic E-state index is 0.196. The lowest BCUT2D eigenvalue weighted by molar-refractivity contribution is 0.00578. The van der Waals surface area contributed by atoms with Crippen molar-refractivity contribution in [1.82, 2.24) is 0 Å². The lowest BCUT2D eigenvalue weighted by atomic mass is 9.77. The maximum absolute atomic E-state index is 12.1. The molecule has 0 saturated carbocycles. The van der Waals surface area contributed by atoms with Gasteiger partial charge in [-0.15, -0.1) is 0 Å². The van der Waals surface area contributed by atoms with Crippen molar-refractivity contribution >= 4 is 24.1 Å². The van der Waals surface area contributed by atoms with Crippen molar-refractivity contribution in [3.63, 3.8) is 0 Å². The second-order valence-electron chi connectivity index (χ2n) is 6.96. The van der Waals surface area contributed by atoms with Gasteiger partial charge in [-0.3, -0.25) is 4.79 Å². The Labute approximate surface area is 126 Å². The van der Waals surface area contributed by atoms with Crippen molar-refractivity contribution in [3.8, 4) is 0 Å². The summed E-state index contributed by atoms with van der Waals surface area (Å²) in [5.74, 6) is 0.196. The van der Waals surface area contributed by atoms with E-state index in [1.54, 1.807) is 0 Å². The molecule has 4 nitrogen and oxygen atoms in total. The summed E-state index contributed by atoms with van der Waals surface area (Å²) in [6.07, 6.45) is 0.566. The molecule has 112 valence electrons. The number of hydrogen-bond donors (Lipinski definition) is 0. The molecule has 0 N–H and O–H groups in total. The molecule has 3 rings (SSSR count). The van der Waals surface area contributed by atoms with Gasteiger partial charge in [-0.1, -0.05) is 6.07 Å². The molecule has 0 aliphatic carbocycles. The van der Waals surface area contributed by atoms with Crippen LogP contribution in [-0.4, -0.2) is 37.7 Å². The second kappa shape index (κ2) is 4.58. The first kappa shape index (κ1) is 14.6. The summed E-state index contributed by atoms with van der Waals surface area (Å²) < 4.78 is 12.1. The zero-order valence-corrected chi connectivity index (χ0v) is 13.4. The number of ketones is 1. The second-order valence-corrected chi connectivity index (χ2v) is 6.96. The molecular weight excluding hydrogens is 265 g/mol. The van der Waals surface area contributed by atoms with Gasteiger partial charge in [-0.2, -0.15) is 0 Å². The van der Waals surface area contributed by atoms with E-state index in [0.717, 1.165) is 23.3 Å². The third-order valence-corrected chi connectivity index (χ3v) is 4.93. The van der Waals surface area contributed by atoms with Crippen molar-refractivity contribution in [3.05, 3.63) is 23.8 Å². The van der Waals surface area contributed by atoms with E-state index >= 15 is 0 Å². The van der Waals surface area contributed by atoms with Crippen LogP contribution in [0.2, 0.25) is 0 Å². The molecule has 2 heterocycles. The van der Waals surface area contributed by atoms with E-state index in [-0.39, 0.29) is 17.0 Å². The third kappa shape index (κ3) is 2.28. The predicted octanol–water partition coefficient (Wildman–Crippen LogP) is 2.01. The molecule has 21 heavy (non-hydrogen) atoms.